The molecule has 0 radical (unpaired) electrons. The molecular weight excluding hydrogens is 563 g/mol. The van der Waals surface area contributed by atoms with E-state index >= 15 is 0 Å². The van der Waals surface area contributed by atoms with E-state index in [2.05, 4.69) is 0 Å². The van der Waals surface area contributed by atoms with Gasteiger partial charge in [-0.25, -0.2) is 0 Å². The van der Waals surface area contributed by atoms with Gasteiger partial charge in [0.05, 0.1) is 15.4 Å². The van der Waals surface area contributed by atoms with Gasteiger partial charge < -0.3 is 13.9 Å². The van der Waals surface area contributed by atoms with E-state index in [1.54, 1.807) is 13.8 Å². The highest BCUT2D eigenvalue weighted by Crippen LogP contribution is 2.40. The van der Waals surface area contributed by atoms with Crippen molar-refractivity contribution in [3.05, 3.63) is 95.2 Å². The predicted octanol–water partition coefficient (Wildman–Crippen LogP) is 9.41. The largest absolute Gasteiger partial charge is 0.489 e. The first-order valence-corrected chi connectivity index (χ1v) is 11.8. The SMILES string of the molecule is Cc1cc(Oc2c(C(F)(F)F)oc3cc(OCc4c(Cl)ccc(Cl)c4Cl)ccc3c2=O)cc(C)c1Cl. The summed E-state index contributed by atoms with van der Waals surface area (Å²) in [6.45, 7) is 3.21. The molecule has 0 N–H and O–H groups in total. The van der Waals surface area contributed by atoms with Gasteiger partial charge >= 0.3 is 6.18 Å². The Morgan fingerprint density at radius 1 is 0.861 bits per heavy atom. The fraction of sp³-hybridized carbons (Fsp3) is 0.160. The summed E-state index contributed by atoms with van der Waals surface area (Å²) in [6, 6.07) is 9.77. The second-order valence-corrected chi connectivity index (χ2v) is 9.40. The maximum absolute atomic E-state index is 13.9. The van der Waals surface area contributed by atoms with Crippen LogP contribution in [-0.4, -0.2) is 0 Å². The van der Waals surface area contributed by atoms with Crippen LogP contribution in [0.3, 0.4) is 0 Å². The first kappa shape index (κ1) is 26.5. The normalized spacial score (nSPS) is 11.7. The molecule has 4 nitrogen and oxygen atoms in total. The summed E-state index contributed by atoms with van der Waals surface area (Å²) in [7, 11) is 0. The Morgan fingerprint density at radius 3 is 2.14 bits per heavy atom. The molecule has 0 saturated carbocycles. The molecule has 11 heteroatoms. The van der Waals surface area contributed by atoms with Crippen LogP contribution in [0.1, 0.15) is 22.5 Å². The second-order valence-electron chi connectivity index (χ2n) is 7.83. The fourth-order valence-corrected chi connectivity index (χ4v) is 4.23. The first-order valence-electron chi connectivity index (χ1n) is 10.2. The van der Waals surface area contributed by atoms with Crippen LogP contribution in [0, 0.1) is 13.8 Å². The third kappa shape index (κ3) is 5.25. The zero-order chi connectivity index (χ0) is 26.4. The Balaban J connectivity index is 1.75. The number of hydrogen-bond acceptors (Lipinski definition) is 4. The van der Waals surface area contributed by atoms with E-state index in [9.17, 15) is 18.0 Å². The van der Waals surface area contributed by atoms with Gasteiger partial charge in [0.15, 0.2) is 0 Å². The average molecular weight is 578 g/mol. The number of ether oxygens (including phenoxy) is 2. The fourth-order valence-electron chi connectivity index (χ4n) is 3.47. The van der Waals surface area contributed by atoms with Crippen LogP contribution in [0.2, 0.25) is 20.1 Å². The van der Waals surface area contributed by atoms with Crippen molar-refractivity contribution >= 4 is 57.4 Å². The lowest BCUT2D eigenvalue weighted by atomic mass is 10.1. The summed E-state index contributed by atoms with van der Waals surface area (Å²) in [5.41, 5.74) is 0.199. The molecule has 0 bridgehead atoms. The van der Waals surface area contributed by atoms with Gasteiger partial charge in [-0.2, -0.15) is 13.2 Å². The molecule has 0 saturated heterocycles. The average Bonchev–Trinajstić information content (AvgIpc) is 2.80. The highest BCUT2D eigenvalue weighted by Gasteiger charge is 2.40. The molecule has 0 aliphatic rings. The zero-order valence-electron chi connectivity index (χ0n) is 18.5. The van der Waals surface area contributed by atoms with E-state index < -0.39 is 23.1 Å². The van der Waals surface area contributed by atoms with Crippen LogP contribution in [0.25, 0.3) is 11.0 Å². The third-order valence-electron chi connectivity index (χ3n) is 5.23. The van der Waals surface area contributed by atoms with Gasteiger partial charge in [-0.05, 0) is 61.4 Å². The quantitative estimate of drug-likeness (QED) is 0.222. The summed E-state index contributed by atoms with van der Waals surface area (Å²) in [5, 5.41) is 1.05. The maximum Gasteiger partial charge on any atom is 0.453 e. The van der Waals surface area contributed by atoms with E-state index in [0.717, 1.165) is 0 Å². The molecule has 0 fully saturated rings. The summed E-state index contributed by atoms with van der Waals surface area (Å²) < 4.78 is 57.8. The van der Waals surface area contributed by atoms with Crippen LogP contribution >= 0.6 is 46.4 Å². The molecule has 0 spiro atoms. The van der Waals surface area contributed by atoms with Crippen LogP contribution in [0.4, 0.5) is 13.2 Å². The smallest absolute Gasteiger partial charge is 0.453 e. The number of aryl methyl sites for hydroxylation is 2. The minimum absolute atomic E-state index is 0.0155. The van der Waals surface area contributed by atoms with Crippen molar-refractivity contribution in [3.63, 3.8) is 0 Å². The molecule has 3 aromatic carbocycles. The summed E-state index contributed by atoms with van der Waals surface area (Å²) >= 11 is 24.4. The van der Waals surface area contributed by atoms with Crippen LogP contribution in [0.5, 0.6) is 17.2 Å². The Hall–Kier alpha value is -2.58. The van der Waals surface area contributed by atoms with E-state index in [1.165, 1.54) is 42.5 Å². The topological polar surface area (TPSA) is 48.7 Å². The molecule has 0 aliphatic carbocycles. The van der Waals surface area contributed by atoms with Gasteiger partial charge in [-0.1, -0.05) is 46.4 Å². The molecule has 188 valence electrons. The minimum Gasteiger partial charge on any atom is -0.489 e. The van der Waals surface area contributed by atoms with Gasteiger partial charge in [-0.15, -0.1) is 0 Å². The third-order valence-corrected chi connectivity index (χ3v) is 7.03. The van der Waals surface area contributed by atoms with Crippen LogP contribution < -0.4 is 14.9 Å². The molecular formula is C25H15Cl4F3O4. The van der Waals surface area contributed by atoms with Crippen molar-refractivity contribution in [2.45, 2.75) is 26.6 Å². The van der Waals surface area contributed by atoms with E-state index in [4.69, 9.17) is 60.3 Å². The van der Waals surface area contributed by atoms with Crippen LogP contribution in [-0.2, 0) is 12.8 Å². The van der Waals surface area contributed by atoms with Crippen molar-refractivity contribution in [1.82, 2.24) is 0 Å². The Kier molecular flexibility index (Phi) is 7.40. The second kappa shape index (κ2) is 10.1. The predicted molar refractivity (Wildman–Crippen MR) is 134 cm³/mol. The maximum atomic E-state index is 13.9. The molecule has 1 heterocycles. The lowest BCUT2D eigenvalue weighted by molar-refractivity contribution is -0.154. The molecule has 1 aromatic heterocycles. The molecule has 0 amide bonds. The van der Waals surface area contributed by atoms with Gasteiger partial charge in [-0.3, -0.25) is 4.79 Å². The van der Waals surface area contributed by atoms with Crippen molar-refractivity contribution < 1.29 is 27.1 Å². The van der Waals surface area contributed by atoms with E-state index in [-0.39, 0.29) is 39.1 Å². The highest BCUT2D eigenvalue weighted by molar-refractivity contribution is 6.44. The highest BCUT2D eigenvalue weighted by atomic mass is 35.5. The lowest BCUT2D eigenvalue weighted by Crippen LogP contribution is -2.15. The number of hydrogen-bond donors (Lipinski definition) is 0. The van der Waals surface area contributed by atoms with E-state index in [0.29, 0.717) is 26.7 Å². The molecule has 36 heavy (non-hydrogen) atoms. The van der Waals surface area contributed by atoms with Crippen molar-refractivity contribution in [2.24, 2.45) is 0 Å². The monoisotopic (exact) mass is 576 g/mol. The number of rotatable bonds is 5. The van der Waals surface area contributed by atoms with E-state index in [1.807, 2.05) is 0 Å². The molecule has 4 aromatic rings. The van der Waals surface area contributed by atoms with Gasteiger partial charge in [0.1, 0.15) is 23.7 Å². The van der Waals surface area contributed by atoms with Gasteiger partial charge in [0, 0.05) is 21.7 Å². The van der Waals surface area contributed by atoms with Gasteiger partial charge in [0.25, 0.3) is 5.76 Å². The lowest BCUT2D eigenvalue weighted by Gasteiger charge is -2.15. The van der Waals surface area contributed by atoms with Gasteiger partial charge in [0.2, 0.25) is 11.2 Å². The molecule has 0 atom stereocenters. The summed E-state index contributed by atoms with van der Waals surface area (Å²) in [4.78, 5) is 13.1. The number of halogens is 7. The molecule has 0 aliphatic heterocycles. The summed E-state index contributed by atoms with van der Waals surface area (Å²) in [6.07, 6.45) is -5.02. The number of alkyl halides is 3. The first-order chi connectivity index (χ1) is 16.9. The minimum atomic E-state index is -5.02. The standard InChI is InChI=1S/C25H15Cl4F3O4/c1-11-7-14(8-12(2)20(11)28)35-23-22(33)15-4-3-13(9-19(15)36-24(23)25(30,31)32)34-10-16-17(26)5-6-18(27)21(16)29/h3-9H,10H2,1-2H3. The van der Waals surface area contributed by atoms with Crippen molar-refractivity contribution in [1.29, 1.82) is 0 Å². The molecule has 4 rings (SSSR count). The Bertz CT molecular complexity index is 1520. The molecule has 0 unspecified atom stereocenters. The number of fused-ring (bicyclic) bond motifs is 1. The summed E-state index contributed by atoms with van der Waals surface area (Å²) in [5.74, 6) is -2.43. The zero-order valence-corrected chi connectivity index (χ0v) is 21.6. The van der Waals surface area contributed by atoms with Crippen molar-refractivity contribution in [3.8, 4) is 17.2 Å². The van der Waals surface area contributed by atoms with Crippen LogP contribution in [0.15, 0.2) is 51.7 Å². The number of benzene rings is 3. The Morgan fingerprint density at radius 2 is 1.50 bits per heavy atom. The Labute approximate surface area is 223 Å². The van der Waals surface area contributed by atoms with Crippen molar-refractivity contribution in [2.75, 3.05) is 0 Å².